The van der Waals surface area contributed by atoms with Crippen molar-refractivity contribution >= 4 is 0 Å². The maximum atomic E-state index is 5.85. The molecule has 4 aromatic rings. The lowest BCUT2D eigenvalue weighted by Gasteiger charge is -2.27. The van der Waals surface area contributed by atoms with Crippen LogP contribution in [0.15, 0.2) is 97.1 Å². The molecule has 11 rings (SSSR count). The minimum Gasteiger partial charge on any atom is -0.458 e. The molecule has 0 aromatic heterocycles. The van der Waals surface area contributed by atoms with Crippen molar-refractivity contribution in [2.24, 2.45) is 0 Å². The van der Waals surface area contributed by atoms with E-state index in [0.717, 1.165) is 23.0 Å². The topological polar surface area (TPSA) is 36.9 Å². The SMILES string of the molecule is CC1(C)c2ccc(cc2)OCOc2ccc(cc2)C(C)(C)c2ccc(cc2)OCOc2ccc1cc2. The Labute approximate surface area is 213 Å². The number of benzene rings is 4. The highest BCUT2D eigenvalue weighted by molar-refractivity contribution is 5.43. The summed E-state index contributed by atoms with van der Waals surface area (Å²) in [5.41, 5.74) is 4.45. The van der Waals surface area contributed by atoms with Gasteiger partial charge in [-0.25, -0.2) is 0 Å². The fourth-order valence-corrected chi connectivity index (χ4v) is 4.54. The normalized spacial score (nSPS) is 16.3. The smallest absolute Gasteiger partial charge is 0.230 e. The highest BCUT2D eigenvalue weighted by Crippen LogP contribution is 2.35. The second-order valence-electron chi connectivity index (χ2n) is 10.2. The van der Waals surface area contributed by atoms with Gasteiger partial charge in [0.15, 0.2) is 0 Å². The van der Waals surface area contributed by atoms with Crippen LogP contribution in [0.25, 0.3) is 0 Å². The predicted octanol–water partition coefficient (Wildman–Crippen LogP) is 7.48. The van der Waals surface area contributed by atoms with E-state index in [-0.39, 0.29) is 24.4 Å². The first-order chi connectivity index (χ1) is 17.3. The van der Waals surface area contributed by atoms with E-state index in [1.807, 2.05) is 48.5 Å². The number of ether oxygens (including phenoxy) is 4. The lowest BCUT2D eigenvalue weighted by Crippen LogP contribution is -2.19. The summed E-state index contributed by atoms with van der Waals surface area (Å²) >= 11 is 0. The number of rotatable bonds is 0. The zero-order valence-electron chi connectivity index (χ0n) is 21.3. The van der Waals surface area contributed by atoms with Crippen molar-refractivity contribution in [3.05, 3.63) is 119 Å². The zero-order chi connectivity index (χ0) is 25.2. The fraction of sp³-hybridized carbons (Fsp3) is 0.250. The molecule has 0 atom stereocenters. The van der Waals surface area contributed by atoms with Crippen molar-refractivity contribution in [3.8, 4) is 23.0 Å². The molecule has 0 amide bonds. The summed E-state index contributed by atoms with van der Waals surface area (Å²) < 4.78 is 23.4. The van der Waals surface area contributed by atoms with Crippen LogP contribution in [0.4, 0.5) is 0 Å². The molecular weight excluding hydrogens is 448 g/mol. The third kappa shape index (κ3) is 4.90. The van der Waals surface area contributed by atoms with Crippen LogP contribution in [0, 0.1) is 0 Å². The van der Waals surface area contributed by atoms with Crippen LogP contribution in [0.3, 0.4) is 0 Å². The molecule has 0 aliphatic carbocycles. The van der Waals surface area contributed by atoms with Crippen LogP contribution in [0.2, 0.25) is 0 Å². The minimum atomic E-state index is -0.172. The van der Waals surface area contributed by atoms with Crippen molar-refractivity contribution in [2.45, 2.75) is 38.5 Å². The van der Waals surface area contributed by atoms with Crippen molar-refractivity contribution < 1.29 is 18.9 Å². The van der Waals surface area contributed by atoms with E-state index in [1.54, 1.807) is 0 Å². The van der Waals surface area contributed by atoms with Crippen molar-refractivity contribution in [1.82, 2.24) is 0 Å². The first kappa shape index (κ1) is 23.8. The van der Waals surface area contributed by atoms with Gasteiger partial charge in [0, 0.05) is 10.8 Å². The summed E-state index contributed by atoms with van der Waals surface area (Å²) in [4.78, 5) is 0. The Balaban J connectivity index is 1.43. The molecule has 184 valence electrons. The van der Waals surface area contributed by atoms with E-state index in [4.69, 9.17) is 18.9 Å². The molecular formula is C32H32O4. The maximum Gasteiger partial charge on any atom is 0.230 e. The van der Waals surface area contributed by atoms with Crippen LogP contribution in [0.1, 0.15) is 49.9 Å². The average Bonchev–Trinajstić information content (AvgIpc) is 2.89. The molecule has 7 aliphatic heterocycles. The van der Waals surface area contributed by atoms with Gasteiger partial charge in [-0.3, -0.25) is 0 Å². The summed E-state index contributed by atoms with van der Waals surface area (Å²) in [6.45, 7) is 9.14. The minimum absolute atomic E-state index is 0.147. The monoisotopic (exact) mass is 480 g/mol. The van der Waals surface area contributed by atoms with Crippen LogP contribution in [0.5, 0.6) is 23.0 Å². The molecule has 0 spiro atoms. The molecule has 0 fully saturated rings. The van der Waals surface area contributed by atoms with E-state index in [9.17, 15) is 0 Å². The molecule has 36 heavy (non-hydrogen) atoms. The standard InChI is InChI=1S/C32H32O4/c1-31(2)23-5-13-27(14-6-23)33-21-35-29-17-9-25(10-18-29)32(3,4)26-11-19-30(20-12-26)36-22-34-28-15-7-24(31)8-16-28/h5-20H,21-22H2,1-4H3. The van der Waals surface area contributed by atoms with Crippen molar-refractivity contribution in [3.63, 3.8) is 0 Å². The molecule has 7 heterocycles. The molecule has 8 bridgehead atoms. The molecule has 4 nitrogen and oxygen atoms in total. The Morgan fingerprint density at radius 2 is 0.556 bits per heavy atom. The molecule has 0 N–H and O–H groups in total. The van der Waals surface area contributed by atoms with Gasteiger partial charge in [-0.05, 0) is 70.8 Å². The van der Waals surface area contributed by atoms with Gasteiger partial charge >= 0.3 is 0 Å². The van der Waals surface area contributed by atoms with Gasteiger partial charge < -0.3 is 18.9 Å². The fourth-order valence-electron chi connectivity index (χ4n) is 4.54. The lowest BCUT2D eigenvalue weighted by atomic mass is 9.78. The van der Waals surface area contributed by atoms with Crippen molar-refractivity contribution in [2.75, 3.05) is 13.6 Å². The first-order valence-corrected chi connectivity index (χ1v) is 12.3. The van der Waals surface area contributed by atoms with E-state index < -0.39 is 0 Å². The molecule has 4 heteroatoms. The quantitative estimate of drug-likeness (QED) is 0.261. The Morgan fingerprint density at radius 3 is 0.750 bits per heavy atom. The molecule has 4 aromatic carbocycles. The largest absolute Gasteiger partial charge is 0.458 e. The average molecular weight is 481 g/mol. The van der Waals surface area contributed by atoms with E-state index >= 15 is 0 Å². The summed E-state index contributed by atoms with van der Waals surface area (Å²) in [7, 11) is 0. The molecule has 0 unspecified atom stereocenters. The Hall–Kier alpha value is -3.92. The maximum absolute atomic E-state index is 5.85. The van der Waals surface area contributed by atoms with Gasteiger partial charge in [0.25, 0.3) is 0 Å². The second kappa shape index (κ2) is 9.62. The summed E-state index contributed by atoms with van der Waals surface area (Å²) in [5, 5.41) is 0. The van der Waals surface area contributed by atoms with Crippen LogP contribution < -0.4 is 18.9 Å². The summed E-state index contributed by atoms with van der Waals surface area (Å²) in [5.74, 6) is 3.09. The zero-order valence-corrected chi connectivity index (χ0v) is 21.3. The van der Waals surface area contributed by atoms with Crippen molar-refractivity contribution in [1.29, 1.82) is 0 Å². The van der Waals surface area contributed by atoms with Crippen LogP contribution >= 0.6 is 0 Å². The van der Waals surface area contributed by atoms with Gasteiger partial charge in [-0.1, -0.05) is 76.2 Å². The Morgan fingerprint density at radius 1 is 0.361 bits per heavy atom. The number of hydrogen-bond acceptors (Lipinski definition) is 4. The van der Waals surface area contributed by atoms with Crippen LogP contribution in [-0.2, 0) is 10.8 Å². The lowest BCUT2D eigenvalue weighted by molar-refractivity contribution is 0.119. The summed E-state index contributed by atoms with van der Waals surface area (Å²) in [6.07, 6.45) is 0. The summed E-state index contributed by atoms with van der Waals surface area (Å²) in [6, 6.07) is 32.8. The van der Waals surface area contributed by atoms with E-state index in [1.165, 1.54) is 22.3 Å². The Kier molecular flexibility index (Phi) is 6.36. The van der Waals surface area contributed by atoms with Gasteiger partial charge in [0.1, 0.15) is 23.0 Å². The Bertz CT molecular complexity index is 1080. The molecule has 0 radical (unpaired) electrons. The second-order valence-corrected chi connectivity index (χ2v) is 10.2. The predicted molar refractivity (Wildman–Crippen MR) is 142 cm³/mol. The highest BCUT2D eigenvalue weighted by Gasteiger charge is 2.24. The highest BCUT2D eigenvalue weighted by atomic mass is 16.7. The molecule has 0 saturated carbocycles. The van der Waals surface area contributed by atoms with Gasteiger partial charge in [-0.2, -0.15) is 0 Å². The van der Waals surface area contributed by atoms with Crippen LogP contribution in [-0.4, -0.2) is 13.6 Å². The van der Waals surface area contributed by atoms with E-state index in [2.05, 4.69) is 76.2 Å². The molecule has 7 aliphatic rings. The third-order valence-corrected chi connectivity index (χ3v) is 7.21. The van der Waals surface area contributed by atoms with E-state index in [0.29, 0.717) is 0 Å². The number of hydrogen-bond donors (Lipinski definition) is 0. The van der Waals surface area contributed by atoms with Gasteiger partial charge in [0.2, 0.25) is 13.6 Å². The van der Waals surface area contributed by atoms with Gasteiger partial charge in [0.05, 0.1) is 0 Å². The molecule has 0 saturated heterocycles. The van der Waals surface area contributed by atoms with Gasteiger partial charge in [-0.15, -0.1) is 0 Å². The third-order valence-electron chi connectivity index (χ3n) is 7.21. The first-order valence-electron chi connectivity index (χ1n) is 12.3.